The molecule has 13 heavy (non-hydrogen) atoms. The fraction of sp³-hybridized carbons (Fsp3) is 0.857. The second-order valence-electron chi connectivity index (χ2n) is 3.12. The first-order chi connectivity index (χ1) is 5.99. The smallest absolute Gasteiger partial charge is 0.264 e. The SMILES string of the molecule is CS(=O)(=O)OC[C@@H]1CCCNC1=O. The molecule has 1 N–H and O–H groups in total. The van der Waals surface area contributed by atoms with Gasteiger partial charge >= 0.3 is 0 Å². The molecule has 0 bridgehead atoms. The van der Waals surface area contributed by atoms with Crippen molar-refractivity contribution in [2.24, 2.45) is 5.92 Å². The van der Waals surface area contributed by atoms with Gasteiger partial charge in [0.25, 0.3) is 10.1 Å². The van der Waals surface area contributed by atoms with Gasteiger partial charge in [0.1, 0.15) is 0 Å². The molecule has 0 unspecified atom stereocenters. The van der Waals surface area contributed by atoms with Crippen molar-refractivity contribution in [1.82, 2.24) is 5.32 Å². The van der Waals surface area contributed by atoms with Gasteiger partial charge < -0.3 is 5.32 Å². The quantitative estimate of drug-likeness (QED) is 0.632. The third-order valence-electron chi connectivity index (χ3n) is 1.88. The fourth-order valence-corrected chi connectivity index (χ4v) is 1.61. The maximum absolute atomic E-state index is 11.1. The first-order valence-electron chi connectivity index (χ1n) is 4.11. The Morgan fingerprint density at radius 1 is 1.62 bits per heavy atom. The van der Waals surface area contributed by atoms with Crippen molar-refractivity contribution in [3.05, 3.63) is 0 Å². The van der Waals surface area contributed by atoms with Gasteiger partial charge in [0.15, 0.2) is 0 Å². The van der Waals surface area contributed by atoms with E-state index in [4.69, 9.17) is 0 Å². The lowest BCUT2D eigenvalue weighted by molar-refractivity contribution is -0.127. The minimum absolute atomic E-state index is 0.0370. The van der Waals surface area contributed by atoms with Crippen molar-refractivity contribution in [1.29, 1.82) is 0 Å². The Balaban J connectivity index is 2.40. The molecule has 1 heterocycles. The molecule has 0 saturated carbocycles. The van der Waals surface area contributed by atoms with Gasteiger partial charge in [-0.1, -0.05) is 0 Å². The molecular weight excluding hydrogens is 194 g/mol. The topological polar surface area (TPSA) is 72.5 Å². The maximum atomic E-state index is 11.1. The number of nitrogens with one attached hydrogen (secondary N) is 1. The molecule has 0 aliphatic carbocycles. The summed E-state index contributed by atoms with van der Waals surface area (Å²) >= 11 is 0. The summed E-state index contributed by atoms with van der Waals surface area (Å²) in [6.07, 6.45) is 2.55. The summed E-state index contributed by atoms with van der Waals surface area (Å²) in [6, 6.07) is 0. The zero-order valence-corrected chi connectivity index (χ0v) is 8.26. The molecule has 76 valence electrons. The van der Waals surface area contributed by atoms with Crippen LogP contribution in [-0.4, -0.2) is 33.7 Å². The Labute approximate surface area is 77.6 Å². The van der Waals surface area contributed by atoms with E-state index in [0.717, 1.165) is 12.7 Å². The molecule has 1 amide bonds. The van der Waals surface area contributed by atoms with Crippen molar-refractivity contribution in [3.8, 4) is 0 Å². The number of carbonyl (C=O) groups is 1. The molecule has 1 saturated heterocycles. The summed E-state index contributed by atoms with van der Waals surface area (Å²) in [7, 11) is -3.43. The van der Waals surface area contributed by atoms with E-state index in [1.807, 2.05) is 0 Å². The van der Waals surface area contributed by atoms with Gasteiger partial charge in [0.2, 0.25) is 5.91 Å². The number of piperidine rings is 1. The monoisotopic (exact) mass is 207 g/mol. The highest BCUT2D eigenvalue weighted by atomic mass is 32.2. The van der Waals surface area contributed by atoms with Crippen LogP contribution in [0.4, 0.5) is 0 Å². The third kappa shape index (κ3) is 3.73. The summed E-state index contributed by atoms with van der Waals surface area (Å²) in [5.74, 6) is -0.432. The molecule has 1 aliphatic rings. The predicted octanol–water partition coefficient (Wildman–Crippen LogP) is -0.511. The van der Waals surface area contributed by atoms with Crippen molar-refractivity contribution in [2.75, 3.05) is 19.4 Å². The van der Waals surface area contributed by atoms with Crippen molar-refractivity contribution in [3.63, 3.8) is 0 Å². The van der Waals surface area contributed by atoms with Crippen molar-refractivity contribution >= 4 is 16.0 Å². The first kappa shape index (κ1) is 10.5. The zero-order chi connectivity index (χ0) is 9.90. The van der Waals surface area contributed by atoms with E-state index < -0.39 is 10.1 Å². The Bertz CT molecular complexity index is 285. The van der Waals surface area contributed by atoms with Crippen LogP contribution in [0.25, 0.3) is 0 Å². The van der Waals surface area contributed by atoms with Gasteiger partial charge in [0.05, 0.1) is 18.8 Å². The fourth-order valence-electron chi connectivity index (χ4n) is 1.20. The van der Waals surface area contributed by atoms with Crippen LogP contribution in [0.3, 0.4) is 0 Å². The van der Waals surface area contributed by atoms with E-state index in [9.17, 15) is 13.2 Å². The van der Waals surface area contributed by atoms with Crippen LogP contribution >= 0.6 is 0 Å². The molecule has 1 atom stereocenters. The minimum Gasteiger partial charge on any atom is -0.356 e. The highest BCUT2D eigenvalue weighted by molar-refractivity contribution is 7.85. The number of rotatable bonds is 3. The summed E-state index contributed by atoms with van der Waals surface area (Å²) in [5, 5.41) is 2.65. The summed E-state index contributed by atoms with van der Waals surface area (Å²) in [5.41, 5.74) is 0. The lowest BCUT2D eigenvalue weighted by Gasteiger charge is -2.20. The number of hydrogen-bond acceptors (Lipinski definition) is 4. The molecule has 1 rings (SSSR count). The van der Waals surface area contributed by atoms with Gasteiger partial charge in [-0.15, -0.1) is 0 Å². The first-order valence-corrected chi connectivity index (χ1v) is 5.93. The van der Waals surface area contributed by atoms with Gasteiger partial charge in [-0.3, -0.25) is 8.98 Å². The van der Waals surface area contributed by atoms with Crippen LogP contribution < -0.4 is 5.32 Å². The van der Waals surface area contributed by atoms with Gasteiger partial charge in [0, 0.05) is 6.54 Å². The lowest BCUT2D eigenvalue weighted by atomic mass is 10.0. The second kappa shape index (κ2) is 4.06. The average molecular weight is 207 g/mol. The highest BCUT2D eigenvalue weighted by Gasteiger charge is 2.23. The number of amides is 1. The highest BCUT2D eigenvalue weighted by Crippen LogP contribution is 2.12. The summed E-state index contributed by atoms with van der Waals surface area (Å²) in [4.78, 5) is 11.1. The Hall–Kier alpha value is -0.620. The van der Waals surface area contributed by atoms with Gasteiger partial charge in [-0.2, -0.15) is 8.42 Å². The van der Waals surface area contributed by atoms with Crippen molar-refractivity contribution < 1.29 is 17.4 Å². The molecule has 1 fully saturated rings. The van der Waals surface area contributed by atoms with Gasteiger partial charge in [-0.25, -0.2) is 0 Å². The van der Waals surface area contributed by atoms with E-state index in [1.165, 1.54) is 0 Å². The number of carbonyl (C=O) groups excluding carboxylic acids is 1. The Kier molecular flexibility index (Phi) is 3.27. The van der Waals surface area contributed by atoms with Crippen LogP contribution in [0, 0.1) is 5.92 Å². The van der Waals surface area contributed by atoms with Gasteiger partial charge in [-0.05, 0) is 12.8 Å². The largest absolute Gasteiger partial charge is 0.356 e. The Morgan fingerprint density at radius 2 is 2.31 bits per heavy atom. The van der Waals surface area contributed by atoms with Crippen LogP contribution in [-0.2, 0) is 19.1 Å². The summed E-state index contributed by atoms with van der Waals surface area (Å²) in [6.45, 7) is 0.638. The van der Waals surface area contributed by atoms with E-state index in [1.54, 1.807) is 0 Å². The standard InChI is InChI=1S/C7H13NO4S/c1-13(10,11)12-5-6-3-2-4-8-7(6)9/h6H,2-5H2,1H3,(H,8,9)/t6-/m0/s1. The predicted molar refractivity (Wildman–Crippen MR) is 46.5 cm³/mol. The molecule has 5 nitrogen and oxygen atoms in total. The molecular formula is C7H13NO4S. The van der Waals surface area contributed by atoms with Crippen LogP contribution in [0.15, 0.2) is 0 Å². The van der Waals surface area contributed by atoms with E-state index in [-0.39, 0.29) is 18.4 Å². The molecule has 1 aliphatic heterocycles. The van der Waals surface area contributed by atoms with E-state index >= 15 is 0 Å². The lowest BCUT2D eigenvalue weighted by Crippen LogP contribution is -2.38. The van der Waals surface area contributed by atoms with Crippen LogP contribution in [0.5, 0.6) is 0 Å². The molecule has 0 aromatic rings. The minimum atomic E-state index is -3.43. The zero-order valence-electron chi connectivity index (χ0n) is 7.45. The normalized spacial score (nSPS) is 24.1. The maximum Gasteiger partial charge on any atom is 0.264 e. The average Bonchev–Trinajstić information content (AvgIpc) is 2.01. The molecule has 0 radical (unpaired) electrons. The Morgan fingerprint density at radius 3 is 2.85 bits per heavy atom. The molecule has 0 aromatic carbocycles. The molecule has 0 aromatic heterocycles. The van der Waals surface area contributed by atoms with E-state index in [2.05, 4.69) is 9.50 Å². The molecule has 0 spiro atoms. The second-order valence-corrected chi connectivity index (χ2v) is 4.76. The molecule has 6 heteroatoms. The van der Waals surface area contributed by atoms with Crippen molar-refractivity contribution in [2.45, 2.75) is 12.8 Å². The van der Waals surface area contributed by atoms with Crippen LogP contribution in [0.1, 0.15) is 12.8 Å². The third-order valence-corrected chi connectivity index (χ3v) is 2.45. The van der Waals surface area contributed by atoms with E-state index in [0.29, 0.717) is 13.0 Å². The number of hydrogen-bond donors (Lipinski definition) is 1. The summed E-state index contributed by atoms with van der Waals surface area (Å²) < 4.78 is 25.8. The van der Waals surface area contributed by atoms with Crippen LogP contribution in [0.2, 0.25) is 0 Å².